The van der Waals surface area contributed by atoms with Crippen molar-refractivity contribution in [1.29, 1.82) is 0 Å². The molecule has 2 aromatic rings. The Morgan fingerprint density at radius 2 is 2.05 bits per heavy atom. The fourth-order valence-corrected chi connectivity index (χ4v) is 2.00. The highest BCUT2D eigenvalue weighted by atomic mass is 16.5. The zero-order chi connectivity index (χ0) is 14.4. The van der Waals surface area contributed by atoms with Gasteiger partial charge in [0.25, 0.3) is 0 Å². The van der Waals surface area contributed by atoms with Gasteiger partial charge in [-0.15, -0.1) is 0 Å². The first-order valence-corrected chi connectivity index (χ1v) is 6.63. The normalized spacial score (nSPS) is 10.2. The van der Waals surface area contributed by atoms with E-state index in [0.717, 1.165) is 36.0 Å². The predicted octanol–water partition coefficient (Wildman–Crippen LogP) is 2.55. The van der Waals surface area contributed by atoms with E-state index in [-0.39, 0.29) is 0 Å². The first-order chi connectivity index (χ1) is 9.74. The highest BCUT2D eigenvalue weighted by molar-refractivity contribution is 5.49. The van der Waals surface area contributed by atoms with Gasteiger partial charge in [0.15, 0.2) is 0 Å². The fraction of sp³-hybridized carbons (Fsp3) is 0.333. The smallest absolute Gasteiger partial charge is 0.134 e. The maximum atomic E-state index is 5.37. The summed E-state index contributed by atoms with van der Waals surface area (Å²) < 4.78 is 5.37. The first-order valence-electron chi connectivity index (χ1n) is 6.63. The molecule has 2 rings (SSSR count). The van der Waals surface area contributed by atoms with Crippen molar-refractivity contribution in [2.24, 2.45) is 0 Å². The monoisotopic (exact) mass is 272 g/mol. The number of anilines is 2. The molecule has 5 heteroatoms. The number of nitrogens with one attached hydrogen (secondary N) is 1. The Kier molecular flexibility index (Phi) is 4.76. The van der Waals surface area contributed by atoms with Crippen molar-refractivity contribution >= 4 is 11.6 Å². The number of methoxy groups -OCH3 is 1. The Bertz CT molecular complexity index is 559. The SMILES string of the molecule is CCNc1cc(N(C)Cc2ccccc2OC)ncn1. The minimum absolute atomic E-state index is 0.729. The summed E-state index contributed by atoms with van der Waals surface area (Å²) in [6, 6.07) is 9.94. The van der Waals surface area contributed by atoms with Crippen molar-refractivity contribution in [1.82, 2.24) is 9.97 Å². The summed E-state index contributed by atoms with van der Waals surface area (Å²) in [6.45, 7) is 3.61. The molecular formula is C15H20N4O. The number of aromatic nitrogens is 2. The van der Waals surface area contributed by atoms with Gasteiger partial charge in [0.2, 0.25) is 0 Å². The molecule has 0 spiro atoms. The van der Waals surface area contributed by atoms with Gasteiger partial charge in [-0.05, 0) is 13.0 Å². The summed E-state index contributed by atoms with van der Waals surface area (Å²) in [7, 11) is 3.69. The predicted molar refractivity (Wildman–Crippen MR) is 81.3 cm³/mol. The van der Waals surface area contributed by atoms with E-state index in [1.54, 1.807) is 13.4 Å². The van der Waals surface area contributed by atoms with Crippen LogP contribution in [0.25, 0.3) is 0 Å². The van der Waals surface area contributed by atoms with Crippen LogP contribution in [0.5, 0.6) is 5.75 Å². The second-order valence-electron chi connectivity index (χ2n) is 4.46. The molecule has 106 valence electrons. The van der Waals surface area contributed by atoms with Crippen molar-refractivity contribution in [3.8, 4) is 5.75 Å². The highest BCUT2D eigenvalue weighted by Crippen LogP contribution is 2.21. The molecule has 0 aliphatic carbocycles. The van der Waals surface area contributed by atoms with Gasteiger partial charge in [-0.25, -0.2) is 9.97 Å². The molecule has 0 fully saturated rings. The molecule has 1 heterocycles. The molecule has 20 heavy (non-hydrogen) atoms. The van der Waals surface area contributed by atoms with Crippen LogP contribution in [0.1, 0.15) is 12.5 Å². The third-order valence-electron chi connectivity index (χ3n) is 3.00. The summed E-state index contributed by atoms with van der Waals surface area (Å²) in [4.78, 5) is 10.6. The highest BCUT2D eigenvalue weighted by Gasteiger charge is 2.08. The third-order valence-corrected chi connectivity index (χ3v) is 3.00. The van der Waals surface area contributed by atoms with Crippen molar-refractivity contribution in [2.75, 3.05) is 30.9 Å². The third kappa shape index (κ3) is 3.38. The molecule has 5 nitrogen and oxygen atoms in total. The van der Waals surface area contributed by atoms with Crippen molar-refractivity contribution in [2.45, 2.75) is 13.5 Å². The maximum Gasteiger partial charge on any atom is 0.134 e. The average Bonchev–Trinajstić information content (AvgIpc) is 2.48. The van der Waals surface area contributed by atoms with Gasteiger partial charge >= 0.3 is 0 Å². The average molecular weight is 272 g/mol. The van der Waals surface area contributed by atoms with E-state index >= 15 is 0 Å². The van der Waals surface area contributed by atoms with E-state index in [1.165, 1.54) is 0 Å². The van der Waals surface area contributed by atoms with Crippen LogP contribution in [-0.2, 0) is 6.54 Å². The van der Waals surface area contributed by atoms with Gasteiger partial charge < -0.3 is 15.0 Å². The Hall–Kier alpha value is -2.30. The lowest BCUT2D eigenvalue weighted by molar-refractivity contribution is 0.409. The van der Waals surface area contributed by atoms with Gasteiger partial charge in [0.05, 0.1) is 7.11 Å². The molecule has 0 saturated heterocycles. The van der Waals surface area contributed by atoms with Gasteiger partial charge in [-0.3, -0.25) is 0 Å². The van der Waals surface area contributed by atoms with Crippen LogP contribution >= 0.6 is 0 Å². The molecular weight excluding hydrogens is 252 g/mol. The van der Waals surface area contributed by atoms with E-state index in [1.807, 2.05) is 38.2 Å². The largest absolute Gasteiger partial charge is 0.496 e. The maximum absolute atomic E-state index is 5.37. The van der Waals surface area contributed by atoms with Gasteiger partial charge in [0.1, 0.15) is 23.7 Å². The first kappa shape index (κ1) is 14.1. The van der Waals surface area contributed by atoms with Crippen molar-refractivity contribution in [3.05, 3.63) is 42.2 Å². The molecule has 1 N–H and O–H groups in total. The molecule has 0 saturated carbocycles. The Morgan fingerprint density at radius 3 is 2.80 bits per heavy atom. The van der Waals surface area contributed by atoms with Gasteiger partial charge in [-0.2, -0.15) is 0 Å². The van der Waals surface area contributed by atoms with Crippen LogP contribution in [0.3, 0.4) is 0 Å². The van der Waals surface area contributed by atoms with Gasteiger partial charge in [0, 0.05) is 31.8 Å². The van der Waals surface area contributed by atoms with Gasteiger partial charge in [-0.1, -0.05) is 18.2 Å². The lowest BCUT2D eigenvalue weighted by Crippen LogP contribution is -2.18. The Labute approximate surface area is 119 Å². The summed E-state index contributed by atoms with van der Waals surface area (Å²) in [5.41, 5.74) is 1.13. The van der Waals surface area contributed by atoms with Crippen LogP contribution in [0.2, 0.25) is 0 Å². The van der Waals surface area contributed by atoms with Crippen LogP contribution in [0.4, 0.5) is 11.6 Å². The lowest BCUT2D eigenvalue weighted by Gasteiger charge is -2.20. The number of para-hydroxylation sites is 1. The molecule has 0 aliphatic heterocycles. The standard InChI is InChI=1S/C15H20N4O/c1-4-16-14-9-15(18-11-17-14)19(2)10-12-7-5-6-8-13(12)20-3/h5-9,11H,4,10H2,1-3H3,(H,16,17,18). The molecule has 1 aromatic carbocycles. The summed E-state index contributed by atoms with van der Waals surface area (Å²) in [5.74, 6) is 2.60. The van der Waals surface area contributed by atoms with E-state index in [9.17, 15) is 0 Å². The minimum atomic E-state index is 0.729. The van der Waals surface area contributed by atoms with Crippen LogP contribution < -0.4 is 15.0 Å². The molecule has 0 bridgehead atoms. The molecule has 0 amide bonds. The van der Waals surface area contributed by atoms with E-state index < -0.39 is 0 Å². The number of nitrogens with zero attached hydrogens (tertiary/aromatic N) is 3. The summed E-state index contributed by atoms with van der Waals surface area (Å²) in [6.07, 6.45) is 1.58. The molecule has 0 unspecified atom stereocenters. The van der Waals surface area contributed by atoms with Crippen molar-refractivity contribution in [3.63, 3.8) is 0 Å². The summed E-state index contributed by atoms with van der Waals surface area (Å²) >= 11 is 0. The summed E-state index contributed by atoms with van der Waals surface area (Å²) in [5, 5.41) is 3.19. The number of hydrogen-bond donors (Lipinski definition) is 1. The Morgan fingerprint density at radius 1 is 1.25 bits per heavy atom. The fourth-order valence-electron chi connectivity index (χ4n) is 2.00. The quantitative estimate of drug-likeness (QED) is 0.875. The molecule has 1 aromatic heterocycles. The topological polar surface area (TPSA) is 50.3 Å². The number of rotatable bonds is 6. The number of hydrogen-bond acceptors (Lipinski definition) is 5. The Balaban J connectivity index is 2.15. The number of benzene rings is 1. The lowest BCUT2D eigenvalue weighted by atomic mass is 10.2. The van der Waals surface area contributed by atoms with Crippen LogP contribution in [0.15, 0.2) is 36.7 Å². The molecule has 0 aliphatic rings. The molecule has 0 atom stereocenters. The van der Waals surface area contributed by atoms with E-state index in [4.69, 9.17) is 4.74 Å². The van der Waals surface area contributed by atoms with Crippen molar-refractivity contribution < 1.29 is 4.74 Å². The molecule has 0 radical (unpaired) electrons. The van der Waals surface area contributed by atoms with E-state index in [2.05, 4.69) is 26.3 Å². The number of ether oxygens (including phenoxy) is 1. The zero-order valence-corrected chi connectivity index (χ0v) is 12.1. The second kappa shape index (κ2) is 6.75. The minimum Gasteiger partial charge on any atom is -0.496 e. The van der Waals surface area contributed by atoms with Crippen LogP contribution in [-0.4, -0.2) is 30.7 Å². The second-order valence-corrected chi connectivity index (χ2v) is 4.46. The zero-order valence-electron chi connectivity index (χ0n) is 12.1. The van der Waals surface area contributed by atoms with E-state index in [0.29, 0.717) is 0 Å². The van der Waals surface area contributed by atoms with Crippen LogP contribution in [0, 0.1) is 0 Å².